The van der Waals surface area contributed by atoms with Gasteiger partial charge in [0.2, 0.25) is 5.72 Å². The van der Waals surface area contributed by atoms with Crippen LogP contribution in [0.4, 0.5) is 0 Å². The summed E-state index contributed by atoms with van der Waals surface area (Å²) in [6.45, 7) is 2.01. The van der Waals surface area contributed by atoms with Gasteiger partial charge in [-0.05, 0) is 54.7 Å². The van der Waals surface area contributed by atoms with Gasteiger partial charge in [0.15, 0.2) is 11.5 Å². The van der Waals surface area contributed by atoms with E-state index >= 15 is 0 Å². The smallest absolute Gasteiger partial charge is 0.200 e. The third kappa shape index (κ3) is 3.77. The molecule has 0 amide bonds. The maximum Gasteiger partial charge on any atom is 0.200 e. The molecule has 3 heterocycles. The predicted octanol–water partition coefficient (Wildman–Crippen LogP) is 6.12. The molecule has 1 fully saturated rings. The third-order valence-electron chi connectivity index (χ3n) is 8.98. The Morgan fingerprint density at radius 3 is 2.45 bits per heavy atom. The van der Waals surface area contributed by atoms with E-state index in [4.69, 9.17) is 19.3 Å². The summed E-state index contributed by atoms with van der Waals surface area (Å²) in [5.41, 5.74) is 5.98. The van der Waals surface area contributed by atoms with E-state index in [-0.39, 0.29) is 6.04 Å². The number of fused-ring (bicyclic) bond motifs is 5. The van der Waals surface area contributed by atoms with Gasteiger partial charge < -0.3 is 14.2 Å². The summed E-state index contributed by atoms with van der Waals surface area (Å²) >= 11 is 0. The molecule has 0 saturated carbocycles. The highest BCUT2D eigenvalue weighted by molar-refractivity contribution is 6.02. The molecule has 7 rings (SSSR count). The fraction of sp³-hybridized carbons (Fsp3) is 0.406. The van der Waals surface area contributed by atoms with Crippen LogP contribution in [0, 0.1) is 0 Å². The van der Waals surface area contributed by atoms with Crippen molar-refractivity contribution in [1.29, 1.82) is 0 Å². The molecular weight excluding hydrogens is 474 g/mol. The van der Waals surface area contributed by atoms with Crippen molar-refractivity contribution in [2.24, 2.45) is 5.10 Å². The Morgan fingerprint density at radius 1 is 0.868 bits per heavy atom. The van der Waals surface area contributed by atoms with Gasteiger partial charge in [0.1, 0.15) is 5.75 Å². The van der Waals surface area contributed by atoms with E-state index < -0.39 is 5.72 Å². The van der Waals surface area contributed by atoms with Crippen LogP contribution in [0.25, 0.3) is 0 Å². The highest BCUT2D eigenvalue weighted by Crippen LogP contribution is 2.51. The van der Waals surface area contributed by atoms with Crippen molar-refractivity contribution in [3.05, 3.63) is 89.0 Å². The number of hydrazone groups is 1. The van der Waals surface area contributed by atoms with Crippen molar-refractivity contribution >= 4 is 5.71 Å². The molecule has 6 heteroatoms. The summed E-state index contributed by atoms with van der Waals surface area (Å²) in [7, 11) is 3.35. The van der Waals surface area contributed by atoms with Gasteiger partial charge in [-0.25, -0.2) is 5.01 Å². The van der Waals surface area contributed by atoms with E-state index in [2.05, 4.69) is 64.5 Å². The van der Waals surface area contributed by atoms with E-state index in [1.165, 1.54) is 36.0 Å². The van der Waals surface area contributed by atoms with Crippen LogP contribution in [0.3, 0.4) is 0 Å². The fourth-order valence-corrected chi connectivity index (χ4v) is 7.04. The van der Waals surface area contributed by atoms with E-state index in [1.54, 1.807) is 14.2 Å². The van der Waals surface area contributed by atoms with Gasteiger partial charge in [0.25, 0.3) is 0 Å². The van der Waals surface area contributed by atoms with Gasteiger partial charge in [-0.2, -0.15) is 5.10 Å². The molecule has 1 saturated heterocycles. The molecule has 3 aromatic carbocycles. The first-order valence-corrected chi connectivity index (χ1v) is 13.9. The van der Waals surface area contributed by atoms with Crippen molar-refractivity contribution < 1.29 is 14.2 Å². The molecule has 3 aliphatic heterocycles. The first-order chi connectivity index (χ1) is 18.7. The summed E-state index contributed by atoms with van der Waals surface area (Å²) in [6.07, 6.45) is 6.41. The van der Waals surface area contributed by atoms with Gasteiger partial charge in [-0.1, -0.05) is 42.5 Å². The van der Waals surface area contributed by atoms with Crippen molar-refractivity contribution in [3.63, 3.8) is 0 Å². The lowest BCUT2D eigenvalue weighted by Crippen LogP contribution is -2.59. The normalized spacial score (nSPS) is 23.6. The zero-order chi connectivity index (χ0) is 25.7. The van der Waals surface area contributed by atoms with Crippen LogP contribution in [-0.4, -0.2) is 48.7 Å². The van der Waals surface area contributed by atoms with Gasteiger partial charge >= 0.3 is 0 Å². The number of hydrogen-bond acceptors (Lipinski definition) is 6. The SMILES string of the molecule is COc1ccc(C2=NN3[C@@H](C2)c2ccccc2OC32CCN([C@H]3CCCc4ccccc43)CC2)cc1OC. The number of likely N-dealkylation sites (tertiary alicyclic amines) is 1. The summed E-state index contributed by atoms with van der Waals surface area (Å²) in [5, 5.41) is 7.57. The molecule has 0 unspecified atom stereocenters. The van der Waals surface area contributed by atoms with Crippen molar-refractivity contribution in [1.82, 2.24) is 9.91 Å². The topological polar surface area (TPSA) is 46.5 Å². The van der Waals surface area contributed by atoms with E-state index in [0.29, 0.717) is 6.04 Å². The average Bonchev–Trinajstić information content (AvgIpc) is 3.44. The Labute approximate surface area is 224 Å². The number of para-hydroxylation sites is 1. The number of nitrogens with zero attached hydrogens (tertiary/aromatic N) is 3. The minimum absolute atomic E-state index is 0.171. The van der Waals surface area contributed by atoms with Crippen LogP contribution >= 0.6 is 0 Å². The lowest BCUT2D eigenvalue weighted by molar-refractivity contribution is -0.153. The number of piperidine rings is 1. The molecule has 196 valence electrons. The molecule has 2 atom stereocenters. The van der Waals surface area contributed by atoms with Crippen LogP contribution in [0.2, 0.25) is 0 Å². The second kappa shape index (κ2) is 9.35. The largest absolute Gasteiger partial charge is 0.493 e. The molecule has 0 aromatic heterocycles. The zero-order valence-electron chi connectivity index (χ0n) is 22.2. The maximum atomic E-state index is 6.89. The minimum atomic E-state index is -0.429. The lowest BCUT2D eigenvalue weighted by atomic mass is 9.84. The number of aryl methyl sites for hydroxylation is 1. The number of rotatable bonds is 4. The summed E-state index contributed by atoms with van der Waals surface area (Å²) < 4.78 is 18.0. The molecule has 6 nitrogen and oxygen atoms in total. The van der Waals surface area contributed by atoms with Crippen LogP contribution in [0.1, 0.15) is 66.4 Å². The predicted molar refractivity (Wildman–Crippen MR) is 148 cm³/mol. The van der Waals surface area contributed by atoms with Crippen LogP contribution in [0.15, 0.2) is 71.8 Å². The first-order valence-electron chi connectivity index (χ1n) is 13.9. The molecule has 1 aliphatic carbocycles. The Morgan fingerprint density at radius 2 is 1.63 bits per heavy atom. The van der Waals surface area contributed by atoms with E-state index in [1.807, 2.05) is 12.1 Å². The number of ether oxygens (including phenoxy) is 3. The zero-order valence-corrected chi connectivity index (χ0v) is 22.2. The van der Waals surface area contributed by atoms with Crippen LogP contribution < -0.4 is 14.2 Å². The van der Waals surface area contributed by atoms with Gasteiger partial charge in [0.05, 0.1) is 26.0 Å². The highest BCUT2D eigenvalue weighted by atomic mass is 16.5. The highest BCUT2D eigenvalue weighted by Gasteiger charge is 2.52. The number of hydrogen-bond donors (Lipinski definition) is 0. The first kappa shape index (κ1) is 23.6. The number of methoxy groups -OCH3 is 2. The fourth-order valence-electron chi connectivity index (χ4n) is 7.04. The maximum absolute atomic E-state index is 6.89. The Balaban J connectivity index is 1.20. The molecule has 0 N–H and O–H groups in total. The molecule has 0 radical (unpaired) electrons. The Bertz CT molecular complexity index is 1380. The molecule has 3 aromatic rings. The third-order valence-corrected chi connectivity index (χ3v) is 8.98. The summed E-state index contributed by atoms with van der Waals surface area (Å²) in [5.74, 6) is 2.47. The average molecular weight is 510 g/mol. The molecule has 0 bridgehead atoms. The second-order valence-corrected chi connectivity index (χ2v) is 10.9. The van der Waals surface area contributed by atoms with Gasteiger partial charge in [-0.15, -0.1) is 0 Å². The van der Waals surface area contributed by atoms with Crippen LogP contribution in [-0.2, 0) is 6.42 Å². The molecule has 4 aliphatic rings. The van der Waals surface area contributed by atoms with E-state index in [9.17, 15) is 0 Å². The monoisotopic (exact) mass is 509 g/mol. The summed E-state index contributed by atoms with van der Waals surface area (Å²) in [4.78, 5) is 2.69. The molecule has 38 heavy (non-hydrogen) atoms. The van der Waals surface area contributed by atoms with Gasteiger partial charge in [0, 0.05) is 49.5 Å². The standard InChI is InChI=1S/C32H35N3O3/c1-36-30-15-14-23(20-31(30)37-2)26-21-28-25-11-5-6-13-29(25)38-32(35(28)33-26)16-18-34(19-17-32)27-12-7-9-22-8-3-4-10-24(22)27/h3-6,8,10-11,13-15,20,27-28H,7,9,12,16-19,21H2,1-2H3/t27-,28-/m0/s1. The van der Waals surface area contributed by atoms with Crippen LogP contribution in [0.5, 0.6) is 17.2 Å². The second-order valence-electron chi connectivity index (χ2n) is 10.9. The molecular formula is C32H35N3O3. The Hall–Kier alpha value is -3.51. The van der Waals surface area contributed by atoms with Crippen molar-refractivity contribution in [2.45, 2.75) is 56.3 Å². The van der Waals surface area contributed by atoms with E-state index in [0.717, 1.165) is 60.9 Å². The van der Waals surface area contributed by atoms with Gasteiger partial charge in [-0.3, -0.25) is 4.90 Å². The molecule has 1 spiro atoms. The Kier molecular flexibility index (Phi) is 5.81. The minimum Gasteiger partial charge on any atom is -0.493 e. The van der Waals surface area contributed by atoms with Crippen molar-refractivity contribution in [2.75, 3.05) is 27.3 Å². The number of benzene rings is 3. The lowest BCUT2D eigenvalue weighted by Gasteiger charge is -2.52. The quantitative estimate of drug-likeness (QED) is 0.424. The summed E-state index contributed by atoms with van der Waals surface area (Å²) in [6, 6.07) is 24.3. The van der Waals surface area contributed by atoms with Crippen molar-refractivity contribution in [3.8, 4) is 17.2 Å².